The van der Waals surface area contributed by atoms with Crippen molar-refractivity contribution < 1.29 is 4.39 Å². The summed E-state index contributed by atoms with van der Waals surface area (Å²) in [7, 11) is 0. The van der Waals surface area contributed by atoms with Crippen LogP contribution >= 0.6 is 0 Å². The van der Waals surface area contributed by atoms with E-state index in [1.807, 2.05) is 6.92 Å². The first-order valence-electron chi connectivity index (χ1n) is 5.83. The zero-order valence-corrected chi connectivity index (χ0v) is 10.2. The first-order chi connectivity index (χ1) is 8.79. The Bertz CT molecular complexity index is 516. The van der Waals surface area contributed by atoms with Crippen LogP contribution in [0.5, 0.6) is 0 Å². The lowest BCUT2D eigenvalue weighted by Crippen LogP contribution is -2.06. The molecule has 0 aliphatic rings. The lowest BCUT2D eigenvalue weighted by molar-refractivity contribution is 0.613. The minimum Gasteiger partial charge on any atom is -0.369 e. The second-order valence-electron chi connectivity index (χ2n) is 3.76. The fourth-order valence-electron chi connectivity index (χ4n) is 1.54. The van der Waals surface area contributed by atoms with Crippen molar-refractivity contribution in [3.05, 3.63) is 48.0 Å². The summed E-state index contributed by atoms with van der Waals surface area (Å²) in [5.41, 5.74) is 0.605. The lowest BCUT2D eigenvalue weighted by atomic mass is 10.2. The van der Waals surface area contributed by atoms with E-state index in [9.17, 15) is 4.39 Å². The zero-order chi connectivity index (χ0) is 12.8. The number of aromatic nitrogens is 2. The highest BCUT2D eigenvalue weighted by Crippen LogP contribution is 2.10. The largest absolute Gasteiger partial charge is 0.369 e. The maximum atomic E-state index is 13.4. The number of benzene rings is 1. The maximum Gasteiger partial charge on any atom is 0.147 e. The second kappa shape index (κ2) is 5.95. The van der Waals surface area contributed by atoms with Crippen LogP contribution in [0.4, 0.5) is 16.0 Å². The Hall–Kier alpha value is -2.17. The van der Waals surface area contributed by atoms with Gasteiger partial charge in [-0.25, -0.2) is 9.37 Å². The molecule has 0 fully saturated rings. The molecule has 18 heavy (non-hydrogen) atoms. The predicted octanol–water partition coefficient (Wildman–Crippen LogP) is 2.66. The number of anilines is 2. The molecule has 2 aromatic rings. The van der Waals surface area contributed by atoms with Crippen LogP contribution in [0, 0.1) is 5.82 Å². The highest BCUT2D eigenvalue weighted by Gasteiger charge is 2.01. The quantitative estimate of drug-likeness (QED) is 0.851. The van der Waals surface area contributed by atoms with Gasteiger partial charge < -0.3 is 10.6 Å². The molecule has 4 nitrogen and oxygen atoms in total. The third kappa shape index (κ3) is 3.16. The smallest absolute Gasteiger partial charge is 0.147 e. The molecule has 0 spiro atoms. The van der Waals surface area contributed by atoms with Gasteiger partial charge in [-0.1, -0.05) is 18.2 Å². The third-order valence-electron chi connectivity index (χ3n) is 2.41. The van der Waals surface area contributed by atoms with E-state index in [4.69, 9.17) is 0 Å². The Morgan fingerprint density at radius 3 is 2.56 bits per heavy atom. The van der Waals surface area contributed by atoms with E-state index < -0.39 is 0 Å². The molecule has 2 rings (SSSR count). The number of halogens is 1. The highest BCUT2D eigenvalue weighted by molar-refractivity contribution is 5.41. The Morgan fingerprint density at radius 2 is 1.83 bits per heavy atom. The maximum absolute atomic E-state index is 13.4. The van der Waals surface area contributed by atoms with E-state index in [1.165, 1.54) is 6.07 Å². The van der Waals surface area contributed by atoms with Crippen molar-refractivity contribution in [2.45, 2.75) is 13.5 Å². The molecular formula is C13H15FN4. The molecule has 2 N–H and O–H groups in total. The second-order valence-corrected chi connectivity index (χ2v) is 3.76. The third-order valence-corrected chi connectivity index (χ3v) is 2.41. The van der Waals surface area contributed by atoms with Gasteiger partial charge in [0.15, 0.2) is 0 Å². The van der Waals surface area contributed by atoms with Crippen molar-refractivity contribution in [3.8, 4) is 0 Å². The number of nitrogens with zero attached hydrogens (tertiary/aromatic N) is 2. The van der Waals surface area contributed by atoms with Crippen LogP contribution in [0.2, 0.25) is 0 Å². The molecular weight excluding hydrogens is 231 g/mol. The van der Waals surface area contributed by atoms with Gasteiger partial charge in [0.25, 0.3) is 0 Å². The van der Waals surface area contributed by atoms with Crippen LogP contribution < -0.4 is 10.6 Å². The van der Waals surface area contributed by atoms with E-state index in [0.29, 0.717) is 23.7 Å². The minimum atomic E-state index is -0.221. The van der Waals surface area contributed by atoms with E-state index in [0.717, 1.165) is 6.54 Å². The first-order valence-corrected chi connectivity index (χ1v) is 5.83. The molecule has 0 saturated carbocycles. The van der Waals surface area contributed by atoms with Crippen molar-refractivity contribution >= 4 is 11.6 Å². The molecule has 0 radical (unpaired) electrons. The van der Waals surface area contributed by atoms with Gasteiger partial charge in [0.05, 0.1) is 12.4 Å². The van der Waals surface area contributed by atoms with Crippen molar-refractivity contribution in [1.82, 2.24) is 9.97 Å². The number of hydrogen-bond acceptors (Lipinski definition) is 4. The number of hydrogen-bond donors (Lipinski definition) is 2. The minimum absolute atomic E-state index is 0.221. The normalized spacial score (nSPS) is 10.1. The van der Waals surface area contributed by atoms with Gasteiger partial charge in [0, 0.05) is 18.7 Å². The topological polar surface area (TPSA) is 49.8 Å². The van der Waals surface area contributed by atoms with Crippen LogP contribution in [0.1, 0.15) is 12.5 Å². The fourth-order valence-corrected chi connectivity index (χ4v) is 1.54. The fraction of sp³-hybridized carbons (Fsp3) is 0.231. The van der Waals surface area contributed by atoms with Crippen LogP contribution in [0.3, 0.4) is 0 Å². The van der Waals surface area contributed by atoms with Crippen LogP contribution in [0.25, 0.3) is 0 Å². The van der Waals surface area contributed by atoms with Gasteiger partial charge >= 0.3 is 0 Å². The lowest BCUT2D eigenvalue weighted by Gasteiger charge is -2.08. The summed E-state index contributed by atoms with van der Waals surface area (Å²) in [4.78, 5) is 8.36. The summed E-state index contributed by atoms with van der Waals surface area (Å²) in [5.74, 6) is 1.11. The Balaban J connectivity index is 2.02. The molecule has 0 saturated heterocycles. The van der Waals surface area contributed by atoms with Crippen molar-refractivity contribution in [2.75, 3.05) is 17.2 Å². The summed E-state index contributed by atoms with van der Waals surface area (Å²) in [6, 6.07) is 6.66. The van der Waals surface area contributed by atoms with Crippen LogP contribution in [-0.4, -0.2) is 16.5 Å². The van der Waals surface area contributed by atoms with E-state index in [2.05, 4.69) is 20.6 Å². The average molecular weight is 246 g/mol. The first kappa shape index (κ1) is 12.3. The number of rotatable bonds is 5. The average Bonchev–Trinajstić information content (AvgIpc) is 2.39. The molecule has 0 aliphatic heterocycles. The van der Waals surface area contributed by atoms with Gasteiger partial charge in [-0.15, -0.1) is 0 Å². The molecule has 0 unspecified atom stereocenters. The SMILES string of the molecule is CCNc1cncc(NCc2ccccc2F)n1. The molecule has 0 aliphatic carbocycles. The van der Waals surface area contributed by atoms with Crippen molar-refractivity contribution in [1.29, 1.82) is 0 Å². The summed E-state index contributed by atoms with van der Waals surface area (Å²) in [5, 5.41) is 6.12. The van der Waals surface area contributed by atoms with E-state index in [-0.39, 0.29) is 5.82 Å². The summed E-state index contributed by atoms with van der Waals surface area (Å²) < 4.78 is 13.4. The van der Waals surface area contributed by atoms with Gasteiger partial charge in [0.2, 0.25) is 0 Å². The molecule has 0 atom stereocenters. The monoisotopic (exact) mass is 246 g/mol. The Kier molecular flexibility index (Phi) is 4.06. The van der Waals surface area contributed by atoms with Gasteiger partial charge in [0.1, 0.15) is 17.5 Å². The molecule has 0 amide bonds. The van der Waals surface area contributed by atoms with E-state index in [1.54, 1.807) is 30.6 Å². The van der Waals surface area contributed by atoms with Gasteiger partial charge in [-0.05, 0) is 13.0 Å². The summed E-state index contributed by atoms with van der Waals surface area (Å²) >= 11 is 0. The Labute approximate surface area is 105 Å². The van der Waals surface area contributed by atoms with Crippen LogP contribution in [0.15, 0.2) is 36.7 Å². The zero-order valence-electron chi connectivity index (χ0n) is 10.2. The molecule has 0 bridgehead atoms. The van der Waals surface area contributed by atoms with Crippen molar-refractivity contribution in [3.63, 3.8) is 0 Å². The molecule has 1 aromatic heterocycles. The number of nitrogens with one attached hydrogen (secondary N) is 2. The predicted molar refractivity (Wildman–Crippen MR) is 69.9 cm³/mol. The molecule has 1 aromatic carbocycles. The highest BCUT2D eigenvalue weighted by atomic mass is 19.1. The van der Waals surface area contributed by atoms with Crippen LogP contribution in [-0.2, 0) is 6.54 Å². The summed E-state index contributed by atoms with van der Waals surface area (Å²) in [6.45, 7) is 3.16. The summed E-state index contributed by atoms with van der Waals surface area (Å²) in [6.07, 6.45) is 3.26. The van der Waals surface area contributed by atoms with Gasteiger partial charge in [-0.2, -0.15) is 0 Å². The Morgan fingerprint density at radius 1 is 1.11 bits per heavy atom. The van der Waals surface area contributed by atoms with Crippen molar-refractivity contribution in [2.24, 2.45) is 0 Å². The van der Waals surface area contributed by atoms with Gasteiger partial charge in [-0.3, -0.25) is 4.98 Å². The standard InChI is InChI=1S/C13H15FN4/c1-2-16-12-8-15-9-13(18-12)17-7-10-5-3-4-6-11(10)14/h3-6,8-9H,2,7H2,1H3,(H2,16,17,18). The molecule has 5 heteroatoms. The van der Waals surface area contributed by atoms with E-state index >= 15 is 0 Å². The molecule has 94 valence electrons. The molecule has 1 heterocycles.